The van der Waals surface area contributed by atoms with Crippen molar-refractivity contribution in [1.29, 1.82) is 0 Å². The molecule has 3 aromatic rings. The predicted octanol–water partition coefficient (Wildman–Crippen LogP) is 3.90. The summed E-state index contributed by atoms with van der Waals surface area (Å²) in [7, 11) is -2.41. The van der Waals surface area contributed by atoms with Crippen molar-refractivity contribution < 1.29 is 18.4 Å². The van der Waals surface area contributed by atoms with E-state index in [4.69, 9.17) is 5.14 Å². The van der Waals surface area contributed by atoms with Crippen LogP contribution < -0.4 is 5.14 Å². The average molecular weight is 431 g/mol. The molecule has 152 valence electrons. The zero-order valence-corrected chi connectivity index (χ0v) is 17.5. The first kappa shape index (κ1) is 21.2. The molecule has 3 rings (SSSR count). The third kappa shape index (κ3) is 5.10. The molecule has 1 amide bonds. The van der Waals surface area contributed by atoms with Gasteiger partial charge in [0.05, 0.1) is 4.90 Å². The Morgan fingerprint density at radius 2 is 1.72 bits per heavy atom. The van der Waals surface area contributed by atoms with E-state index in [-0.39, 0.29) is 17.2 Å². The highest BCUT2D eigenvalue weighted by molar-refractivity contribution is 7.89. The number of carbonyl (C=O) groups is 1. The fraction of sp³-hybridized carbons (Fsp3) is 0.190. The maximum Gasteiger partial charge on any atom is 0.245 e. The lowest BCUT2D eigenvalue weighted by atomic mass is 9.95. The van der Waals surface area contributed by atoms with Crippen LogP contribution in [0.1, 0.15) is 17.7 Å². The minimum atomic E-state index is -3.74. The number of aryl methyl sites for hydroxylation is 1. The fourth-order valence-corrected chi connectivity index (χ4v) is 4.74. The van der Waals surface area contributed by atoms with Crippen LogP contribution in [0.25, 0.3) is 22.3 Å². The van der Waals surface area contributed by atoms with Gasteiger partial charge in [-0.1, -0.05) is 42.5 Å². The molecule has 0 saturated carbocycles. The standard InChI is InChI=1S/C21H22N2O4S2/c1-23(25)20(24)9-5-8-19-21(16-6-3-2-4-7-16)18(14-28-19)15-10-12-17(13-11-15)29(22,26)27/h2-4,6-7,10-14,25H,5,8-9H2,1H3,(H2,22,26,27). The molecule has 3 N–H and O–H groups in total. The highest BCUT2D eigenvalue weighted by Gasteiger charge is 2.17. The number of sulfonamides is 1. The second kappa shape index (κ2) is 8.87. The molecular weight excluding hydrogens is 408 g/mol. The Morgan fingerprint density at radius 1 is 1.07 bits per heavy atom. The lowest BCUT2D eigenvalue weighted by Crippen LogP contribution is -2.22. The van der Waals surface area contributed by atoms with Crippen molar-refractivity contribution in [2.45, 2.75) is 24.2 Å². The molecule has 0 aliphatic heterocycles. The minimum Gasteiger partial charge on any atom is -0.286 e. The zero-order valence-electron chi connectivity index (χ0n) is 15.9. The summed E-state index contributed by atoms with van der Waals surface area (Å²) in [5.74, 6) is -0.318. The zero-order chi connectivity index (χ0) is 21.0. The van der Waals surface area contributed by atoms with Gasteiger partial charge >= 0.3 is 0 Å². The number of nitrogens with zero attached hydrogens (tertiary/aromatic N) is 1. The molecule has 29 heavy (non-hydrogen) atoms. The van der Waals surface area contributed by atoms with E-state index in [0.717, 1.165) is 27.1 Å². The van der Waals surface area contributed by atoms with Crippen LogP contribution in [0.3, 0.4) is 0 Å². The van der Waals surface area contributed by atoms with Crippen molar-refractivity contribution >= 4 is 27.3 Å². The number of carbonyl (C=O) groups excluding carboxylic acids is 1. The molecule has 6 nitrogen and oxygen atoms in total. The van der Waals surface area contributed by atoms with Crippen molar-refractivity contribution in [1.82, 2.24) is 5.06 Å². The van der Waals surface area contributed by atoms with Gasteiger partial charge in [-0.15, -0.1) is 11.3 Å². The van der Waals surface area contributed by atoms with E-state index < -0.39 is 10.0 Å². The molecule has 1 heterocycles. The van der Waals surface area contributed by atoms with Crippen LogP contribution in [0.5, 0.6) is 0 Å². The summed E-state index contributed by atoms with van der Waals surface area (Å²) in [6, 6.07) is 16.5. The third-order valence-corrected chi connectivity index (χ3v) is 6.55. The largest absolute Gasteiger partial charge is 0.286 e. The predicted molar refractivity (Wildman–Crippen MR) is 114 cm³/mol. The number of primary sulfonamides is 1. The fourth-order valence-electron chi connectivity index (χ4n) is 3.10. The lowest BCUT2D eigenvalue weighted by molar-refractivity contribution is -0.159. The SMILES string of the molecule is CN(O)C(=O)CCCc1scc(-c2ccc(S(N)(=O)=O)cc2)c1-c1ccccc1. The number of hydrogen-bond donors (Lipinski definition) is 2. The average Bonchev–Trinajstić information content (AvgIpc) is 3.11. The first-order valence-corrected chi connectivity index (χ1v) is 11.4. The topological polar surface area (TPSA) is 101 Å². The molecule has 2 aromatic carbocycles. The van der Waals surface area contributed by atoms with Crippen molar-refractivity contribution in [3.05, 3.63) is 64.9 Å². The second-order valence-electron chi connectivity index (χ2n) is 6.65. The van der Waals surface area contributed by atoms with Crippen LogP contribution in [-0.4, -0.2) is 31.6 Å². The smallest absolute Gasteiger partial charge is 0.245 e. The van der Waals surface area contributed by atoms with Crippen molar-refractivity contribution in [2.24, 2.45) is 5.14 Å². The molecule has 8 heteroatoms. The van der Waals surface area contributed by atoms with Crippen molar-refractivity contribution in [3.8, 4) is 22.3 Å². The molecule has 0 fully saturated rings. The number of hydrogen-bond acceptors (Lipinski definition) is 5. The van der Waals surface area contributed by atoms with Crippen molar-refractivity contribution in [3.63, 3.8) is 0 Å². The Morgan fingerprint density at radius 3 is 2.31 bits per heavy atom. The van der Waals surface area contributed by atoms with Gasteiger partial charge in [0.25, 0.3) is 0 Å². The highest BCUT2D eigenvalue weighted by atomic mass is 32.2. The van der Waals surface area contributed by atoms with E-state index in [2.05, 4.69) is 0 Å². The molecule has 0 saturated heterocycles. The molecule has 1 aromatic heterocycles. The van der Waals surface area contributed by atoms with E-state index in [1.165, 1.54) is 19.2 Å². The number of rotatable bonds is 7. The molecule has 0 radical (unpaired) electrons. The molecule has 0 spiro atoms. The number of thiophene rings is 1. The summed E-state index contributed by atoms with van der Waals surface area (Å²) < 4.78 is 23.1. The molecule has 0 aliphatic rings. The monoisotopic (exact) mass is 430 g/mol. The Kier molecular flexibility index (Phi) is 6.49. The summed E-state index contributed by atoms with van der Waals surface area (Å²) in [6.45, 7) is 0. The molecule has 0 unspecified atom stereocenters. The lowest BCUT2D eigenvalue weighted by Gasteiger charge is -2.10. The van der Waals surface area contributed by atoms with Gasteiger partial charge in [0.1, 0.15) is 0 Å². The number of nitrogens with two attached hydrogens (primary N) is 1. The molecule has 0 bridgehead atoms. The highest BCUT2D eigenvalue weighted by Crippen LogP contribution is 2.40. The number of benzene rings is 2. The Labute approximate surface area is 174 Å². The second-order valence-corrected chi connectivity index (χ2v) is 9.18. The van der Waals surface area contributed by atoms with Crippen LogP contribution in [0.15, 0.2) is 64.9 Å². The summed E-state index contributed by atoms with van der Waals surface area (Å²) in [4.78, 5) is 12.9. The summed E-state index contributed by atoms with van der Waals surface area (Å²) in [6.07, 6.45) is 1.58. The van der Waals surface area contributed by atoms with E-state index in [9.17, 15) is 18.4 Å². The quantitative estimate of drug-likeness (QED) is 0.438. The van der Waals surface area contributed by atoms with E-state index >= 15 is 0 Å². The van der Waals surface area contributed by atoms with Gasteiger partial charge in [0, 0.05) is 29.5 Å². The van der Waals surface area contributed by atoms with Crippen LogP contribution in [0.2, 0.25) is 0 Å². The molecule has 0 atom stereocenters. The first-order valence-electron chi connectivity index (χ1n) is 9.02. The normalized spacial score (nSPS) is 11.4. The summed E-state index contributed by atoms with van der Waals surface area (Å²) >= 11 is 1.61. The van der Waals surface area contributed by atoms with Gasteiger partial charge in [-0.05, 0) is 41.5 Å². The van der Waals surface area contributed by atoms with Crippen LogP contribution in [-0.2, 0) is 21.2 Å². The third-order valence-electron chi connectivity index (χ3n) is 4.58. The Bertz CT molecular complexity index is 1090. The van der Waals surface area contributed by atoms with Gasteiger partial charge < -0.3 is 0 Å². The van der Waals surface area contributed by atoms with Gasteiger partial charge in [0.15, 0.2) is 0 Å². The van der Waals surface area contributed by atoms with Gasteiger partial charge in [-0.2, -0.15) is 0 Å². The first-order chi connectivity index (χ1) is 13.8. The number of hydroxylamine groups is 2. The van der Waals surface area contributed by atoms with E-state index in [1.54, 1.807) is 23.5 Å². The van der Waals surface area contributed by atoms with Gasteiger partial charge in [0.2, 0.25) is 15.9 Å². The Balaban J connectivity index is 1.95. The molecular formula is C21H22N2O4S2. The minimum absolute atomic E-state index is 0.0737. The van der Waals surface area contributed by atoms with Crippen LogP contribution in [0.4, 0.5) is 0 Å². The van der Waals surface area contributed by atoms with E-state index in [0.29, 0.717) is 17.9 Å². The van der Waals surface area contributed by atoms with Crippen LogP contribution >= 0.6 is 11.3 Å². The molecule has 0 aliphatic carbocycles. The maximum absolute atomic E-state index is 11.6. The summed E-state index contributed by atoms with van der Waals surface area (Å²) in [5.41, 5.74) is 4.02. The van der Waals surface area contributed by atoms with Crippen molar-refractivity contribution in [2.75, 3.05) is 7.05 Å². The van der Waals surface area contributed by atoms with Crippen LogP contribution in [0, 0.1) is 0 Å². The van der Waals surface area contributed by atoms with E-state index in [1.807, 2.05) is 35.7 Å². The number of amides is 1. The summed E-state index contributed by atoms with van der Waals surface area (Å²) in [5, 5.41) is 17.1. The van der Waals surface area contributed by atoms with Gasteiger partial charge in [-0.25, -0.2) is 18.6 Å². The van der Waals surface area contributed by atoms with Gasteiger partial charge in [-0.3, -0.25) is 10.0 Å². The Hall–Kier alpha value is -2.52. The maximum atomic E-state index is 11.6.